The lowest BCUT2D eigenvalue weighted by Gasteiger charge is -2.17. The lowest BCUT2D eigenvalue weighted by molar-refractivity contribution is 0.742. The van der Waals surface area contributed by atoms with Crippen LogP contribution in [0.25, 0.3) is 10.9 Å². The average molecular weight is 331 g/mol. The van der Waals surface area contributed by atoms with Crippen molar-refractivity contribution in [3.05, 3.63) is 34.6 Å². The molecule has 4 nitrogen and oxygen atoms in total. The van der Waals surface area contributed by atoms with Gasteiger partial charge in [0, 0.05) is 26.3 Å². The molecule has 2 aromatic rings. The smallest absolute Gasteiger partial charge is 0.266 e. The van der Waals surface area contributed by atoms with Gasteiger partial charge in [-0.2, -0.15) is 0 Å². The number of nitrogens with zero attached hydrogens (tertiary/aromatic N) is 3. The second kappa shape index (κ2) is 7.14. The third-order valence-corrected chi connectivity index (χ3v) is 12.4. The monoisotopic (exact) mass is 331 g/mol. The number of unbranched alkanes of at least 4 members (excludes halogenated alkanes) is 1. The number of hydrogen-bond acceptors (Lipinski definition) is 3. The number of hydrogen-bond donors (Lipinski definition) is 0. The van der Waals surface area contributed by atoms with Gasteiger partial charge < -0.3 is 0 Å². The van der Waals surface area contributed by atoms with Crippen molar-refractivity contribution in [3.63, 3.8) is 0 Å². The summed E-state index contributed by atoms with van der Waals surface area (Å²) >= 11 is 0. The maximum Gasteiger partial charge on any atom is 0.266 e. The third-order valence-electron chi connectivity index (χ3n) is 2.82. The number of pyridine rings is 1. The predicted octanol–water partition coefficient (Wildman–Crippen LogP) is 3.55. The molecule has 0 aliphatic heterocycles. The zero-order chi connectivity index (χ0) is 13.8. The van der Waals surface area contributed by atoms with Gasteiger partial charge in [-0.25, -0.2) is 4.98 Å². The molecule has 4 atom stereocenters. The van der Waals surface area contributed by atoms with E-state index in [1.165, 1.54) is 0 Å². The van der Waals surface area contributed by atoms with Crippen molar-refractivity contribution < 1.29 is 0 Å². The van der Waals surface area contributed by atoms with Gasteiger partial charge in [0.1, 0.15) is 5.82 Å². The molecule has 0 aliphatic rings. The summed E-state index contributed by atoms with van der Waals surface area (Å²) in [4.78, 5) is 21.3. The van der Waals surface area contributed by atoms with Gasteiger partial charge in [-0.3, -0.25) is 14.1 Å². The number of rotatable bonds is 5. The highest BCUT2D eigenvalue weighted by molar-refractivity contribution is 8.60. The molecule has 0 radical (unpaired) electrons. The molecule has 0 saturated heterocycles. The lowest BCUT2D eigenvalue weighted by atomic mass is 10.2. The minimum absolute atomic E-state index is 0.0419. The minimum atomic E-state index is -0.584. The topological polar surface area (TPSA) is 47.8 Å². The van der Waals surface area contributed by atoms with Gasteiger partial charge in [0.2, 0.25) is 0 Å². The molecule has 19 heavy (non-hydrogen) atoms. The fraction of sp³-hybridized carbons (Fsp3) is 0.364. The molecule has 0 N–H and O–H groups in total. The first-order chi connectivity index (χ1) is 9.19. The van der Waals surface area contributed by atoms with E-state index in [1.54, 1.807) is 12.4 Å². The molecular formula is C11H17N3OP4. The first-order valence-electron chi connectivity index (χ1n) is 6.06. The van der Waals surface area contributed by atoms with E-state index in [1.807, 2.05) is 10.4 Å². The molecule has 2 rings (SSSR count). The fourth-order valence-electron chi connectivity index (χ4n) is 1.84. The summed E-state index contributed by atoms with van der Waals surface area (Å²) < 4.78 is 1.87. The highest BCUT2D eigenvalue weighted by Crippen LogP contribution is 2.66. The highest BCUT2D eigenvalue weighted by Gasteiger charge is 2.14. The van der Waals surface area contributed by atoms with Crippen LogP contribution in [0.1, 0.15) is 25.6 Å². The Morgan fingerprint density at radius 1 is 1.53 bits per heavy atom. The first kappa shape index (κ1) is 15.4. The summed E-state index contributed by atoms with van der Waals surface area (Å²) in [5.74, 6) is 0.904. The Kier molecular flexibility index (Phi) is 5.79. The maximum absolute atomic E-state index is 12.6. The number of aryl methyl sites for hydroxylation is 1. The molecule has 4 unspecified atom stereocenters. The number of aromatic nitrogens is 3. The minimum Gasteiger partial charge on any atom is -0.268 e. The van der Waals surface area contributed by atoms with E-state index in [0.717, 1.165) is 30.6 Å². The second-order valence-corrected chi connectivity index (χ2v) is 13.0. The summed E-state index contributed by atoms with van der Waals surface area (Å²) in [7, 11) is 5.56. The highest BCUT2D eigenvalue weighted by atomic mass is 32.6. The van der Waals surface area contributed by atoms with Gasteiger partial charge in [-0.1, -0.05) is 30.2 Å². The van der Waals surface area contributed by atoms with E-state index in [9.17, 15) is 4.79 Å². The Hall–Kier alpha value is 0.01000. The first-order valence-corrected chi connectivity index (χ1v) is 12.6. The van der Waals surface area contributed by atoms with Crippen LogP contribution >= 0.6 is 33.3 Å². The van der Waals surface area contributed by atoms with Crippen LogP contribution in [0.2, 0.25) is 0 Å². The summed E-state index contributed by atoms with van der Waals surface area (Å²) in [6, 6.07) is 1.81. The fourth-order valence-corrected chi connectivity index (χ4v) is 5.37. The third kappa shape index (κ3) is 3.37. The van der Waals surface area contributed by atoms with Crippen LogP contribution in [0.3, 0.4) is 0 Å². The lowest BCUT2D eigenvalue weighted by Crippen LogP contribution is -2.20. The van der Waals surface area contributed by atoms with Crippen molar-refractivity contribution >= 4 is 44.2 Å². The Morgan fingerprint density at radius 2 is 2.32 bits per heavy atom. The molecule has 2 aromatic heterocycles. The summed E-state index contributed by atoms with van der Waals surface area (Å²) in [6.07, 6.45) is 6.31. The largest absolute Gasteiger partial charge is 0.268 e. The van der Waals surface area contributed by atoms with Crippen LogP contribution < -0.4 is 5.56 Å². The van der Waals surface area contributed by atoms with Gasteiger partial charge in [0.15, 0.2) is 0 Å². The van der Waals surface area contributed by atoms with E-state index < -0.39 is 7.45 Å². The molecule has 0 aliphatic carbocycles. The van der Waals surface area contributed by atoms with Crippen LogP contribution in [-0.2, 0) is 6.42 Å². The van der Waals surface area contributed by atoms with Gasteiger partial charge in [-0.05, 0) is 12.5 Å². The molecule has 102 valence electrons. The maximum atomic E-state index is 12.6. The zero-order valence-corrected chi connectivity index (χ0v) is 14.9. The normalized spacial score (nSPS) is 13.4. The van der Waals surface area contributed by atoms with Crippen molar-refractivity contribution in [2.75, 3.05) is 0 Å². The molecule has 2 heterocycles. The average Bonchev–Trinajstić information content (AvgIpc) is 2.44. The van der Waals surface area contributed by atoms with E-state index in [-0.39, 0.29) is 5.56 Å². The Morgan fingerprint density at radius 3 is 3.00 bits per heavy atom. The van der Waals surface area contributed by atoms with Crippen molar-refractivity contribution in [1.82, 2.24) is 14.3 Å². The molecule has 0 fully saturated rings. The Balaban J connectivity index is 2.65. The molecule has 0 bridgehead atoms. The van der Waals surface area contributed by atoms with Crippen LogP contribution in [0.4, 0.5) is 0 Å². The second-order valence-electron chi connectivity index (χ2n) is 4.12. The van der Waals surface area contributed by atoms with Gasteiger partial charge in [0.25, 0.3) is 5.56 Å². The van der Waals surface area contributed by atoms with Gasteiger partial charge in [-0.15, -0.1) is 8.93 Å². The van der Waals surface area contributed by atoms with E-state index in [2.05, 4.69) is 34.7 Å². The standard InChI is InChI=1S/C11H17N3OP4/c1-2-3-4-10-13-9-5-6-12-7-8(9)11(15)14(10)19(17)18-16/h5-7,18H,2-4,16-17H2,1H3. The van der Waals surface area contributed by atoms with Gasteiger partial charge in [0.05, 0.1) is 10.9 Å². The summed E-state index contributed by atoms with van der Waals surface area (Å²) in [5.41, 5.74) is 0.795. The quantitative estimate of drug-likeness (QED) is 0.787. The SMILES string of the molecule is CCCCc1nc2ccncc2c(=O)n1P(P)PP. The van der Waals surface area contributed by atoms with Crippen molar-refractivity contribution in [1.29, 1.82) is 0 Å². The molecule has 0 aromatic carbocycles. The van der Waals surface area contributed by atoms with Crippen molar-refractivity contribution in [2.24, 2.45) is 0 Å². The van der Waals surface area contributed by atoms with E-state index >= 15 is 0 Å². The summed E-state index contributed by atoms with van der Waals surface area (Å²) in [6.45, 7) is 2.15. The molecule has 0 amide bonds. The van der Waals surface area contributed by atoms with Gasteiger partial charge >= 0.3 is 0 Å². The Labute approximate surface area is 119 Å². The van der Waals surface area contributed by atoms with Crippen molar-refractivity contribution in [2.45, 2.75) is 26.2 Å². The number of fused-ring (bicyclic) bond motifs is 1. The molecular weight excluding hydrogens is 314 g/mol. The van der Waals surface area contributed by atoms with Crippen molar-refractivity contribution in [3.8, 4) is 0 Å². The molecule has 8 heteroatoms. The molecule has 0 spiro atoms. The Bertz CT molecular complexity index is 631. The van der Waals surface area contributed by atoms with E-state index in [0.29, 0.717) is 13.3 Å². The zero-order valence-electron chi connectivity index (χ0n) is 10.7. The summed E-state index contributed by atoms with van der Waals surface area (Å²) in [5, 5.41) is 0.612. The molecule has 0 saturated carbocycles. The van der Waals surface area contributed by atoms with Crippen LogP contribution in [0.5, 0.6) is 0 Å². The predicted molar refractivity (Wildman–Crippen MR) is 92.5 cm³/mol. The van der Waals surface area contributed by atoms with Crippen LogP contribution in [0.15, 0.2) is 23.3 Å². The van der Waals surface area contributed by atoms with Crippen LogP contribution in [-0.4, -0.2) is 14.3 Å². The van der Waals surface area contributed by atoms with Crippen LogP contribution in [0, 0.1) is 0 Å². The van der Waals surface area contributed by atoms with E-state index in [4.69, 9.17) is 0 Å².